The average Bonchev–Trinajstić information content (AvgIpc) is 2.28. The maximum absolute atomic E-state index is 5.96. The third kappa shape index (κ3) is 2.23. The molecule has 0 saturated carbocycles. The zero-order valence-electron chi connectivity index (χ0n) is 9.07. The Labute approximate surface area is 100 Å². The summed E-state index contributed by atoms with van der Waals surface area (Å²) < 4.78 is 0. The van der Waals surface area contributed by atoms with Crippen LogP contribution in [-0.2, 0) is 6.54 Å². The van der Waals surface area contributed by atoms with Gasteiger partial charge in [-0.3, -0.25) is 0 Å². The molecule has 82 valence electrons. The summed E-state index contributed by atoms with van der Waals surface area (Å²) in [4.78, 5) is 4.32. The highest BCUT2D eigenvalue weighted by atomic mass is 35.5. The standard InChI is InChI=1S/C13H13ClN2/c1-9-4-2-3-5-11(9)12-6-10(8-15)7-13(14)16-12/h2-7H,8,15H2,1H3. The molecule has 0 aliphatic heterocycles. The fourth-order valence-corrected chi connectivity index (χ4v) is 1.90. The zero-order valence-corrected chi connectivity index (χ0v) is 9.83. The second kappa shape index (κ2) is 4.64. The molecule has 1 aromatic heterocycles. The summed E-state index contributed by atoms with van der Waals surface area (Å²) in [6.07, 6.45) is 0. The molecule has 0 unspecified atom stereocenters. The van der Waals surface area contributed by atoms with Gasteiger partial charge in [0.15, 0.2) is 0 Å². The van der Waals surface area contributed by atoms with E-state index in [0.717, 1.165) is 16.8 Å². The number of aryl methyl sites for hydroxylation is 1. The minimum Gasteiger partial charge on any atom is -0.326 e. The van der Waals surface area contributed by atoms with Crippen LogP contribution < -0.4 is 5.73 Å². The molecule has 0 atom stereocenters. The van der Waals surface area contributed by atoms with Crippen molar-refractivity contribution in [2.24, 2.45) is 5.73 Å². The number of hydrogen-bond acceptors (Lipinski definition) is 2. The monoisotopic (exact) mass is 232 g/mol. The number of aromatic nitrogens is 1. The van der Waals surface area contributed by atoms with E-state index in [2.05, 4.69) is 18.0 Å². The van der Waals surface area contributed by atoms with Crippen molar-refractivity contribution >= 4 is 11.6 Å². The third-order valence-corrected chi connectivity index (χ3v) is 2.70. The lowest BCUT2D eigenvalue weighted by Gasteiger charge is -2.07. The summed E-state index contributed by atoms with van der Waals surface area (Å²) >= 11 is 5.96. The molecule has 1 aromatic carbocycles. The molecule has 0 amide bonds. The second-order valence-electron chi connectivity index (χ2n) is 3.70. The third-order valence-electron chi connectivity index (χ3n) is 2.51. The molecule has 2 N–H and O–H groups in total. The van der Waals surface area contributed by atoms with Crippen LogP contribution in [0.25, 0.3) is 11.3 Å². The van der Waals surface area contributed by atoms with E-state index in [1.165, 1.54) is 5.56 Å². The molecule has 2 rings (SSSR count). The minimum atomic E-state index is 0.473. The van der Waals surface area contributed by atoms with Crippen molar-refractivity contribution in [1.29, 1.82) is 0 Å². The van der Waals surface area contributed by atoms with Gasteiger partial charge in [-0.25, -0.2) is 4.98 Å². The van der Waals surface area contributed by atoms with Crippen LogP contribution in [0.3, 0.4) is 0 Å². The van der Waals surface area contributed by atoms with Crippen LogP contribution in [0.2, 0.25) is 5.15 Å². The van der Waals surface area contributed by atoms with Crippen molar-refractivity contribution in [3.05, 3.63) is 52.7 Å². The summed E-state index contributed by atoms with van der Waals surface area (Å²) in [6.45, 7) is 2.53. The normalized spacial score (nSPS) is 10.4. The highest BCUT2D eigenvalue weighted by Crippen LogP contribution is 2.23. The van der Waals surface area contributed by atoms with Crippen molar-refractivity contribution in [1.82, 2.24) is 4.98 Å². The van der Waals surface area contributed by atoms with Crippen LogP contribution >= 0.6 is 11.6 Å². The molecule has 0 bridgehead atoms. The minimum absolute atomic E-state index is 0.473. The van der Waals surface area contributed by atoms with E-state index >= 15 is 0 Å². The van der Waals surface area contributed by atoms with E-state index in [4.69, 9.17) is 17.3 Å². The first-order valence-electron chi connectivity index (χ1n) is 5.13. The predicted octanol–water partition coefficient (Wildman–Crippen LogP) is 3.17. The SMILES string of the molecule is Cc1ccccc1-c1cc(CN)cc(Cl)n1. The maximum Gasteiger partial charge on any atom is 0.130 e. The van der Waals surface area contributed by atoms with Gasteiger partial charge in [-0.05, 0) is 30.2 Å². The van der Waals surface area contributed by atoms with E-state index < -0.39 is 0 Å². The molecule has 16 heavy (non-hydrogen) atoms. The molecular formula is C13H13ClN2. The molecule has 0 radical (unpaired) electrons. The Hall–Kier alpha value is -1.38. The lowest BCUT2D eigenvalue weighted by Crippen LogP contribution is -1.98. The Morgan fingerprint density at radius 2 is 2.00 bits per heavy atom. The van der Waals surface area contributed by atoms with Crippen LogP contribution in [0.5, 0.6) is 0 Å². The first-order chi connectivity index (χ1) is 7.70. The second-order valence-corrected chi connectivity index (χ2v) is 4.09. The number of nitrogens with zero attached hydrogens (tertiary/aromatic N) is 1. The van der Waals surface area contributed by atoms with Gasteiger partial charge in [0.1, 0.15) is 5.15 Å². The Kier molecular flexibility index (Phi) is 3.22. The van der Waals surface area contributed by atoms with E-state index in [0.29, 0.717) is 11.7 Å². The van der Waals surface area contributed by atoms with Gasteiger partial charge in [0.25, 0.3) is 0 Å². The molecule has 1 heterocycles. The van der Waals surface area contributed by atoms with Crippen LogP contribution in [-0.4, -0.2) is 4.98 Å². The first kappa shape index (κ1) is 11.1. The molecular weight excluding hydrogens is 220 g/mol. The summed E-state index contributed by atoms with van der Waals surface area (Å²) in [5.41, 5.74) is 9.77. The number of rotatable bonds is 2. The topological polar surface area (TPSA) is 38.9 Å². The van der Waals surface area contributed by atoms with Gasteiger partial charge in [-0.15, -0.1) is 0 Å². The predicted molar refractivity (Wildman–Crippen MR) is 67.3 cm³/mol. The molecule has 3 heteroatoms. The number of benzene rings is 1. The van der Waals surface area contributed by atoms with Crippen LogP contribution in [0.1, 0.15) is 11.1 Å². The molecule has 0 saturated heterocycles. The van der Waals surface area contributed by atoms with Crippen LogP contribution in [0.4, 0.5) is 0 Å². The summed E-state index contributed by atoms with van der Waals surface area (Å²) in [5, 5.41) is 0.487. The molecule has 2 nitrogen and oxygen atoms in total. The van der Waals surface area contributed by atoms with E-state index in [1.807, 2.05) is 24.3 Å². The molecule has 0 fully saturated rings. The summed E-state index contributed by atoms with van der Waals surface area (Å²) in [6, 6.07) is 11.9. The largest absolute Gasteiger partial charge is 0.326 e. The fourth-order valence-electron chi connectivity index (χ4n) is 1.67. The van der Waals surface area contributed by atoms with Gasteiger partial charge in [0, 0.05) is 12.1 Å². The molecule has 0 aliphatic carbocycles. The molecule has 0 spiro atoms. The Bertz CT molecular complexity index is 509. The van der Waals surface area contributed by atoms with Crippen LogP contribution in [0.15, 0.2) is 36.4 Å². The van der Waals surface area contributed by atoms with E-state index in [-0.39, 0.29) is 0 Å². The van der Waals surface area contributed by atoms with Gasteiger partial charge >= 0.3 is 0 Å². The maximum atomic E-state index is 5.96. The quantitative estimate of drug-likeness (QED) is 0.808. The highest BCUT2D eigenvalue weighted by Gasteiger charge is 2.05. The van der Waals surface area contributed by atoms with E-state index in [9.17, 15) is 0 Å². The summed E-state index contributed by atoms with van der Waals surface area (Å²) in [7, 11) is 0. The number of nitrogens with two attached hydrogens (primary N) is 1. The Morgan fingerprint density at radius 3 is 2.69 bits per heavy atom. The van der Waals surface area contributed by atoms with Gasteiger partial charge in [0.05, 0.1) is 5.69 Å². The number of pyridine rings is 1. The van der Waals surface area contributed by atoms with Crippen molar-refractivity contribution < 1.29 is 0 Å². The van der Waals surface area contributed by atoms with Crippen molar-refractivity contribution in [2.45, 2.75) is 13.5 Å². The zero-order chi connectivity index (χ0) is 11.5. The Balaban J connectivity index is 2.56. The van der Waals surface area contributed by atoms with Gasteiger partial charge in [0.2, 0.25) is 0 Å². The van der Waals surface area contributed by atoms with E-state index in [1.54, 1.807) is 6.07 Å². The lowest BCUT2D eigenvalue weighted by molar-refractivity contribution is 1.06. The molecule has 0 aliphatic rings. The van der Waals surface area contributed by atoms with Gasteiger partial charge in [-0.1, -0.05) is 35.9 Å². The van der Waals surface area contributed by atoms with Crippen molar-refractivity contribution in [3.8, 4) is 11.3 Å². The lowest BCUT2D eigenvalue weighted by atomic mass is 10.0. The highest BCUT2D eigenvalue weighted by molar-refractivity contribution is 6.29. The molecule has 2 aromatic rings. The number of halogens is 1. The number of hydrogen-bond donors (Lipinski definition) is 1. The first-order valence-corrected chi connectivity index (χ1v) is 5.51. The fraction of sp³-hybridized carbons (Fsp3) is 0.154. The average molecular weight is 233 g/mol. The van der Waals surface area contributed by atoms with Gasteiger partial charge < -0.3 is 5.73 Å². The summed E-state index contributed by atoms with van der Waals surface area (Å²) in [5.74, 6) is 0. The van der Waals surface area contributed by atoms with Crippen LogP contribution in [0, 0.1) is 6.92 Å². The smallest absolute Gasteiger partial charge is 0.130 e. The van der Waals surface area contributed by atoms with Gasteiger partial charge in [-0.2, -0.15) is 0 Å². The van der Waals surface area contributed by atoms with Crippen molar-refractivity contribution in [3.63, 3.8) is 0 Å². The van der Waals surface area contributed by atoms with Crippen molar-refractivity contribution in [2.75, 3.05) is 0 Å². The Morgan fingerprint density at radius 1 is 1.25 bits per heavy atom.